The van der Waals surface area contributed by atoms with Crippen molar-refractivity contribution in [3.05, 3.63) is 192 Å². The van der Waals surface area contributed by atoms with Crippen molar-refractivity contribution in [2.24, 2.45) is 0 Å². The molecule has 0 N–H and O–H groups in total. The number of fused-ring (bicyclic) bond motifs is 3. The van der Waals surface area contributed by atoms with Crippen LogP contribution >= 0.6 is 48.0 Å². The molecule has 0 amide bonds. The van der Waals surface area contributed by atoms with Crippen molar-refractivity contribution in [2.75, 3.05) is 0 Å². The second kappa shape index (κ2) is 16.9. The molecule has 0 bridgehead atoms. The summed E-state index contributed by atoms with van der Waals surface area (Å²) in [6.07, 6.45) is 8.94. The molecule has 0 saturated heterocycles. The van der Waals surface area contributed by atoms with E-state index in [4.69, 9.17) is 23.2 Å². The largest absolute Gasteiger partial charge is 0.147 e. The van der Waals surface area contributed by atoms with Crippen LogP contribution in [0.1, 0.15) is 81.3 Å². The van der Waals surface area contributed by atoms with Crippen LogP contribution in [0.15, 0.2) is 149 Å². The van der Waals surface area contributed by atoms with Crippen LogP contribution < -0.4 is 3.32 Å². The smallest absolute Gasteiger partial charge is 0.147 e. The number of hydrogen-bond acceptors (Lipinski definition) is 0. The third-order valence-corrected chi connectivity index (χ3v) is 22.7. The van der Waals surface area contributed by atoms with E-state index >= 15 is 0 Å². The van der Waals surface area contributed by atoms with Crippen molar-refractivity contribution in [1.82, 2.24) is 0 Å². The van der Waals surface area contributed by atoms with Crippen molar-refractivity contribution >= 4 is 54.6 Å². The Morgan fingerprint density at radius 3 is 1.64 bits per heavy atom. The van der Waals surface area contributed by atoms with E-state index in [9.17, 15) is 0 Å². The molecule has 8 rings (SSSR count). The fourth-order valence-electron chi connectivity index (χ4n) is 8.45. The van der Waals surface area contributed by atoms with E-state index in [0.29, 0.717) is 0 Å². The minimum Gasteiger partial charge on any atom is -0.147 e. The van der Waals surface area contributed by atoms with Crippen LogP contribution in [0, 0.1) is 0 Å². The fraction of sp³-hybridized carbons (Fsp3) is 0.196. The summed E-state index contributed by atoms with van der Waals surface area (Å²) >= 11 is 10.3. The zero-order chi connectivity index (χ0) is 37.8. The van der Waals surface area contributed by atoms with Gasteiger partial charge in [-0.2, -0.15) is 0 Å². The number of hydrogen-bond donors (Lipinski definition) is 0. The Morgan fingerprint density at radius 2 is 1.12 bits per heavy atom. The summed E-state index contributed by atoms with van der Waals surface area (Å²) < 4.78 is 4.60. The average Bonchev–Trinajstić information content (AvgIpc) is 3.81. The zero-order valence-corrected chi connectivity index (χ0v) is 39.6. The van der Waals surface area contributed by atoms with Gasteiger partial charge in [0.05, 0.1) is 0 Å². The van der Waals surface area contributed by atoms with Gasteiger partial charge in [0.1, 0.15) is 0 Å². The molecule has 0 atom stereocenters. The van der Waals surface area contributed by atoms with Crippen molar-refractivity contribution < 1.29 is 21.0 Å². The Morgan fingerprint density at radius 1 is 0.571 bits per heavy atom. The quantitative estimate of drug-likeness (QED) is 0.146. The Balaban J connectivity index is 0.00000266. The molecular formula is C51H48Cl4Hf. The first-order chi connectivity index (χ1) is 25.9. The van der Waals surface area contributed by atoms with Crippen LogP contribution in [0.5, 0.6) is 0 Å². The van der Waals surface area contributed by atoms with Gasteiger partial charge in [-0.1, -0.05) is 0 Å². The van der Waals surface area contributed by atoms with Gasteiger partial charge in [0, 0.05) is 0 Å². The first-order valence-electron chi connectivity index (χ1n) is 19.0. The van der Waals surface area contributed by atoms with E-state index in [0.717, 1.165) is 22.9 Å². The molecule has 0 aromatic heterocycles. The average molecular weight is 981 g/mol. The molecule has 284 valence electrons. The molecule has 0 fully saturated rings. The van der Waals surface area contributed by atoms with Crippen LogP contribution in [0.4, 0.5) is 0 Å². The van der Waals surface area contributed by atoms with Crippen molar-refractivity contribution in [2.45, 2.75) is 65.2 Å². The summed E-state index contributed by atoms with van der Waals surface area (Å²) in [7, 11) is 0. The van der Waals surface area contributed by atoms with Crippen LogP contribution in [0.25, 0.3) is 33.4 Å². The fourth-order valence-corrected chi connectivity index (χ4v) is 21.1. The third-order valence-electron chi connectivity index (χ3n) is 10.9. The molecule has 2 aliphatic carbocycles. The van der Waals surface area contributed by atoms with E-state index in [1.54, 1.807) is 6.65 Å². The van der Waals surface area contributed by atoms with Crippen molar-refractivity contribution in [3.63, 3.8) is 0 Å². The predicted molar refractivity (Wildman–Crippen MR) is 245 cm³/mol. The molecule has 0 aliphatic heterocycles. The topological polar surface area (TPSA) is 0 Å². The third kappa shape index (κ3) is 8.18. The number of rotatable bonds is 6. The molecule has 56 heavy (non-hydrogen) atoms. The van der Waals surface area contributed by atoms with Gasteiger partial charge in [0.15, 0.2) is 0 Å². The summed E-state index contributed by atoms with van der Waals surface area (Å²) in [5.74, 6) is 0. The summed E-state index contributed by atoms with van der Waals surface area (Å²) in [4.78, 5) is 0. The summed E-state index contributed by atoms with van der Waals surface area (Å²) in [5, 5.41) is 1.51. The van der Waals surface area contributed by atoms with Gasteiger partial charge in [-0.3, -0.25) is 0 Å². The first-order valence-corrected chi connectivity index (χ1v) is 25.1. The molecule has 0 unspecified atom stereocenters. The number of benzene rings is 6. The molecule has 6 aromatic rings. The molecule has 2 aliphatic rings. The molecule has 6 aromatic carbocycles. The second-order valence-electron chi connectivity index (χ2n) is 16.8. The molecule has 0 heterocycles. The Labute approximate surface area is 363 Å². The summed E-state index contributed by atoms with van der Waals surface area (Å²) in [5.41, 5.74) is 16.1. The van der Waals surface area contributed by atoms with E-state index in [1.807, 2.05) is 12.1 Å². The van der Waals surface area contributed by atoms with Crippen LogP contribution in [0.2, 0.25) is 10.0 Å². The van der Waals surface area contributed by atoms with Gasteiger partial charge in [-0.05, 0) is 0 Å². The summed E-state index contributed by atoms with van der Waals surface area (Å²) in [6, 6.07) is 46.9. The Kier molecular flexibility index (Phi) is 12.8. The molecule has 0 spiro atoms. The molecule has 0 nitrogen and oxygen atoms in total. The summed E-state index contributed by atoms with van der Waals surface area (Å²) in [6.45, 7) is 14.2. The number of halogens is 4. The standard InChI is InChI=1S/C33H33.C13H8Cl2.C5H5.2ClH.Hf/c1-32(2,3)30-20-26-24(18-28(30)22-13-9-7-10-14-22)17-25-19-29(23-15-11-8-12-16-23)31(21-27(25)26)33(4,5)6;14-12-5-1-3-10(8-12)7-11-4-2-6-13(15)9-11;1-2-4-5-3-1;;;/h7-16,18,20-21H,17H2,1-6H3;1-6,8-9H;1-3H,4H2;2*1H;. The molecular weight excluding hydrogens is 933 g/mol. The monoisotopic (exact) mass is 980 g/mol. The van der Waals surface area contributed by atoms with Crippen LogP contribution in [-0.2, 0) is 38.2 Å². The normalized spacial score (nSPS) is 13.0. The van der Waals surface area contributed by atoms with Gasteiger partial charge < -0.3 is 0 Å². The second-order valence-corrected chi connectivity index (χ2v) is 26.2. The molecule has 0 saturated carbocycles. The maximum Gasteiger partial charge on any atom is -0.147 e. The minimum atomic E-state index is -3.42. The zero-order valence-electron chi connectivity index (χ0n) is 32.8. The Hall–Kier alpha value is -3.30. The van der Waals surface area contributed by atoms with Crippen LogP contribution in [-0.4, -0.2) is 3.26 Å². The molecule has 0 radical (unpaired) electrons. The van der Waals surface area contributed by atoms with E-state index in [1.165, 1.54) is 70.0 Å². The number of allylic oxidation sites excluding steroid dienone is 4. The van der Waals surface area contributed by atoms with Gasteiger partial charge in [-0.15, -0.1) is 24.8 Å². The van der Waals surface area contributed by atoms with Gasteiger partial charge in [-0.25, -0.2) is 0 Å². The van der Waals surface area contributed by atoms with Crippen molar-refractivity contribution in [3.8, 4) is 33.4 Å². The predicted octanol–water partition coefficient (Wildman–Crippen LogP) is 14.7. The molecule has 5 heteroatoms. The van der Waals surface area contributed by atoms with E-state index in [2.05, 4.69) is 175 Å². The van der Waals surface area contributed by atoms with Crippen LogP contribution in [0.3, 0.4) is 0 Å². The van der Waals surface area contributed by atoms with Crippen molar-refractivity contribution in [1.29, 1.82) is 0 Å². The van der Waals surface area contributed by atoms with Gasteiger partial charge >= 0.3 is 342 Å². The van der Waals surface area contributed by atoms with Gasteiger partial charge in [0.25, 0.3) is 0 Å². The Bertz CT molecular complexity index is 2470. The SMILES string of the molecule is CC(C)(C)c1cc2c(cc1-c1ccccc1)Cc1c-2cc(C(C)(C)C)c(-c2ccccc2)[c]1[Hf]([C]1=CC=CC1)=[C](c1cccc(Cl)c1)c1cccc(Cl)c1.Cl.Cl. The maximum absolute atomic E-state index is 6.86. The van der Waals surface area contributed by atoms with Gasteiger partial charge in [0.2, 0.25) is 0 Å². The van der Waals surface area contributed by atoms with E-state index < -0.39 is 21.0 Å². The minimum absolute atomic E-state index is 0. The van der Waals surface area contributed by atoms with E-state index in [-0.39, 0.29) is 35.6 Å². The first kappa shape index (κ1) is 42.3. The maximum atomic E-state index is 6.86.